The largest absolute Gasteiger partial charge is 0.319 e. The number of halogens is 4. The molecule has 0 aliphatic heterocycles. The van der Waals surface area contributed by atoms with Crippen LogP contribution in [0.15, 0.2) is 35.2 Å². The molecule has 2 rings (SSSR count). The van der Waals surface area contributed by atoms with Crippen LogP contribution in [0.4, 0.5) is 18.9 Å². The van der Waals surface area contributed by atoms with Crippen LogP contribution in [-0.4, -0.2) is 5.91 Å². The van der Waals surface area contributed by atoms with Gasteiger partial charge in [0, 0.05) is 17.0 Å². The van der Waals surface area contributed by atoms with Gasteiger partial charge in [0.25, 0.3) is 5.91 Å². The molecule has 1 amide bonds. The van der Waals surface area contributed by atoms with Gasteiger partial charge in [-0.25, -0.2) is 13.2 Å². The molecule has 0 bridgehead atoms. The lowest BCUT2D eigenvalue weighted by Gasteiger charge is -2.09. The van der Waals surface area contributed by atoms with Crippen LogP contribution in [0.1, 0.15) is 10.4 Å². The zero-order chi connectivity index (χ0) is 14.9. The van der Waals surface area contributed by atoms with Gasteiger partial charge < -0.3 is 5.32 Å². The maximum absolute atomic E-state index is 13.4. The molecule has 0 aliphatic carbocycles. The molecule has 0 saturated heterocycles. The van der Waals surface area contributed by atoms with Crippen molar-refractivity contribution < 1.29 is 18.0 Å². The Kier molecular flexibility index (Phi) is 4.25. The summed E-state index contributed by atoms with van der Waals surface area (Å²) in [6.45, 7) is 0. The second kappa shape index (κ2) is 5.76. The van der Waals surface area contributed by atoms with E-state index in [1.807, 2.05) is 0 Å². The predicted molar refractivity (Wildman–Crippen MR) is 73.0 cm³/mol. The van der Waals surface area contributed by atoms with E-state index >= 15 is 0 Å². The van der Waals surface area contributed by atoms with Crippen LogP contribution in [0, 0.1) is 17.5 Å². The van der Waals surface area contributed by atoms with E-state index in [2.05, 4.69) is 17.9 Å². The van der Waals surface area contributed by atoms with Gasteiger partial charge >= 0.3 is 0 Å². The SMILES string of the molecule is O=C(Nc1cc(F)cc(F)c1F)c1cc(S)ccc1Cl. The Morgan fingerprint density at radius 1 is 1.15 bits per heavy atom. The van der Waals surface area contributed by atoms with Gasteiger partial charge in [-0.2, -0.15) is 0 Å². The number of carbonyl (C=O) groups excluding carboxylic acids is 1. The van der Waals surface area contributed by atoms with Crippen molar-refractivity contribution in [2.75, 3.05) is 5.32 Å². The Bertz CT molecular complexity index is 694. The van der Waals surface area contributed by atoms with Crippen molar-refractivity contribution >= 4 is 35.8 Å². The van der Waals surface area contributed by atoms with Crippen molar-refractivity contribution in [2.45, 2.75) is 4.90 Å². The van der Waals surface area contributed by atoms with Gasteiger partial charge in [0.1, 0.15) is 5.82 Å². The van der Waals surface area contributed by atoms with Gasteiger partial charge in [0.05, 0.1) is 16.3 Å². The Labute approximate surface area is 123 Å². The van der Waals surface area contributed by atoms with E-state index in [1.165, 1.54) is 12.1 Å². The first-order valence-electron chi connectivity index (χ1n) is 5.33. The highest BCUT2D eigenvalue weighted by molar-refractivity contribution is 7.80. The highest BCUT2D eigenvalue weighted by Crippen LogP contribution is 2.23. The molecule has 104 valence electrons. The van der Waals surface area contributed by atoms with E-state index in [9.17, 15) is 18.0 Å². The summed E-state index contributed by atoms with van der Waals surface area (Å²) in [6.07, 6.45) is 0. The van der Waals surface area contributed by atoms with Crippen LogP contribution >= 0.6 is 24.2 Å². The van der Waals surface area contributed by atoms with E-state index in [0.717, 1.165) is 0 Å². The average molecular weight is 318 g/mol. The summed E-state index contributed by atoms with van der Waals surface area (Å²) in [4.78, 5) is 12.4. The summed E-state index contributed by atoms with van der Waals surface area (Å²) in [6, 6.07) is 5.40. The molecule has 0 aromatic heterocycles. The Balaban J connectivity index is 2.35. The fourth-order valence-electron chi connectivity index (χ4n) is 1.52. The molecule has 0 spiro atoms. The number of hydrogen-bond donors (Lipinski definition) is 2. The molecule has 0 fully saturated rings. The molecule has 2 aromatic carbocycles. The molecule has 0 heterocycles. The van der Waals surface area contributed by atoms with Gasteiger partial charge in [-0.1, -0.05) is 11.6 Å². The number of rotatable bonds is 2. The molecule has 1 N–H and O–H groups in total. The zero-order valence-electron chi connectivity index (χ0n) is 9.75. The van der Waals surface area contributed by atoms with E-state index < -0.39 is 29.0 Å². The number of benzene rings is 2. The molecule has 2 nitrogen and oxygen atoms in total. The van der Waals surface area contributed by atoms with Crippen molar-refractivity contribution in [1.29, 1.82) is 0 Å². The first-order chi connectivity index (χ1) is 9.38. The average Bonchev–Trinajstić information content (AvgIpc) is 2.38. The first-order valence-corrected chi connectivity index (χ1v) is 6.15. The highest BCUT2D eigenvalue weighted by Gasteiger charge is 2.16. The maximum atomic E-state index is 13.4. The minimum Gasteiger partial charge on any atom is -0.319 e. The minimum absolute atomic E-state index is 0.0169. The summed E-state index contributed by atoms with van der Waals surface area (Å²) < 4.78 is 39.5. The normalized spacial score (nSPS) is 10.4. The topological polar surface area (TPSA) is 29.1 Å². The first kappa shape index (κ1) is 14.7. The third kappa shape index (κ3) is 3.08. The van der Waals surface area contributed by atoms with Crippen LogP contribution in [0.3, 0.4) is 0 Å². The Morgan fingerprint density at radius 3 is 2.55 bits per heavy atom. The fourth-order valence-corrected chi connectivity index (χ4v) is 1.93. The second-order valence-electron chi connectivity index (χ2n) is 3.87. The standard InChI is InChI=1S/C13H7ClF3NOS/c14-9-2-1-7(20)5-8(9)13(19)18-11-4-6(15)3-10(16)12(11)17/h1-5,20H,(H,18,19). The number of anilines is 1. The van der Waals surface area contributed by atoms with Crippen LogP contribution in [0.5, 0.6) is 0 Å². The third-order valence-corrected chi connectivity index (χ3v) is 3.04. The smallest absolute Gasteiger partial charge is 0.257 e. The molecule has 7 heteroatoms. The van der Waals surface area contributed by atoms with Gasteiger partial charge in [-0.15, -0.1) is 12.6 Å². The van der Waals surface area contributed by atoms with Gasteiger partial charge in [0.2, 0.25) is 0 Å². The number of hydrogen-bond acceptors (Lipinski definition) is 2. The fraction of sp³-hybridized carbons (Fsp3) is 0. The van der Waals surface area contributed by atoms with Crippen molar-refractivity contribution in [1.82, 2.24) is 0 Å². The number of nitrogens with one attached hydrogen (secondary N) is 1. The van der Waals surface area contributed by atoms with Crippen LogP contribution < -0.4 is 5.32 Å². The maximum Gasteiger partial charge on any atom is 0.257 e. The summed E-state index contributed by atoms with van der Waals surface area (Å²) in [5.41, 5.74) is -0.587. The number of amides is 1. The van der Waals surface area contributed by atoms with Gasteiger partial charge in [0.15, 0.2) is 11.6 Å². The Hall–Kier alpha value is -1.66. The van der Waals surface area contributed by atoms with E-state index in [1.54, 1.807) is 6.07 Å². The summed E-state index contributed by atoms with van der Waals surface area (Å²) >= 11 is 9.87. The molecule has 0 unspecified atom stereocenters. The van der Waals surface area contributed by atoms with E-state index in [0.29, 0.717) is 17.0 Å². The van der Waals surface area contributed by atoms with Crippen molar-refractivity contribution in [3.8, 4) is 0 Å². The third-order valence-electron chi connectivity index (χ3n) is 2.44. The molecule has 0 atom stereocenters. The zero-order valence-corrected chi connectivity index (χ0v) is 11.4. The lowest BCUT2D eigenvalue weighted by atomic mass is 10.2. The highest BCUT2D eigenvalue weighted by atomic mass is 35.5. The second-order valence-corrected chi connectivity index (χ2v) is 4.79. The molecular weight excluding hydrogens is 311 g/mol. The molecule has 0 radical (unpaired) electrons. The van der Waals surface area contributed by atoms with Gasteiger partial charge in [-0.3, -0.25) is 4.79 Å². The van der Waals surface area contributed by atoms with Crippen molar-refractivity contribution in [3.05, 3.63) is 58.4 Å². The summed E-state index contributed by atoms with van der Waals surface area (Å²) in [5, 5.41) is 2.17. The Morgan fingerprint density at radius 2 is 1.85 bits per heavy atom. The lowest BCUT2D eigenvalue weighted by Crippen LogP contribution is -2.14. The molecule has 0 saturated carbocycles. The summed E-state index contributed by atoms with van der Waals surface area (Å²) in [5.74, 6) is -4.55. The van der Waals surface area contributed by atoms with Gasteiger partial charge in [-0.05, 0) is 18.2 Å². The van der Waals surface area contributed by atoms with E-state index in [4.69, 9.17) is 11.6 Å². The van der Waals surface area contributed by atoms with Crippen molar-refractivity contribution in [3.63, 3.8) is 0 Å². The molecule has 0 aliphatic rings. The predicted octanol–water partition coefficient (Wildman–Crippen LogP) is 4.30. The van der Waals surface area contributed by atoms with Crippen molar-refractivity contribution in [2.24, 2.45) is 0 Å². The van der Waals surface area contributed by atoms with Crippen LogP contribution in [0.25, 0.3) is 0 Å². The monoisotopic (exact) mass is 317 g/mol. The van der Waals surface area contributed by atoms with Crippen LogP contribution in [0.2, 0.25) is 5.02 Å². The number of carbonyl (C=O) groups is 1. The molecule has 2 aromatic rings. The number of thiol groups is 1. The summed E-state index contributed by atoms with van der Waals surface area (Å²) in [7, 11) is 0. The lowest BCUT2D eigenvalue weighted by molar-refractivity contribution is 0.102. The molecular formula is C13H7ClF3NOS. The van der Waals surface area contributed by atoms with E-state index in [-0.39, 0.29) is 10.6 Å². The minimum atomic E-state index is -1.39. The quantitative estimate of drug-likeness (QED) is 0.627. The van der Waals surface area contributed by atoms with Crippen LogP contribution in [-0.2, 0) is 0 Å². The molecule has 20 heavy (non-hydrogen) atoms.